The Labute approximate surface area is 118 Å². The summed E-state index contributed by atoms with van der Waals surface area (Å²) in [7, 11) is -4.67. The topological polar surface area (TPSA) is 132 Å². The van der Waals surface area contributed by atoms with Gasteiger partial charge in [0.25, 0.3) is 0 Å². The average Bonchev–Trinajstić information content (AvgIpc) is 2.57. The standard InChI is InChI=1S/C11H18N2O2.H2O4S/c1-5-15-10(14)8-6-9(12)13(7-8)11(2,3)4;1-5(2,3)4/h6-7H,5,12H2,1-4H3;(H2,1,2,3,4). The number of hydrogen-bond acceptors (Lipinski definition) is 5. The second kappa shape index (κ2) is 6.73. The van der Waals surface area contributed by atoms with Crippen molar-refractivity contribution in [3.05, 3.63) is 17.8 Å². The van der Waals surface area contributed by atoms with Crippen LogP contribution in [0.1, 0.15) is 38.1 Å². The van der Waals surface area contributed by atoms with Crippen molar-refractivity contribution in [3.63, 3.8) is 0 Å². The lowest BCUT2D eigenvalue weighted by Gasteiger charge is -2.22. The van der Waals surface area contributed by atoms with Crippen LogP contribution < -0.4 is 5.73 Å². The number of hydrogen-bond donors (Lipinski definition) is 3. The van der Waals surface area contributed by atoms with Gasteiger partial charge in [-0.25, -0.2) is 4.79 Å². The summed E-state index contributed by atoms with van der Waals surface area (Å²) in [5.74, 6) is 0.248. The molecule has 0 aromatic carbocycles. The van der Waals surface area contributed by atoms with Gasteiger partial charge in [-0.05, 0) is 33.8 Å². The Kier molecular flexibility index (Phi) is 6.20. The molecule has 0 radical (unpaired) electrons. The number of nitrogen functional groups attached to an aromatic ring is 1. The maximum absolute atomic E-state index is 11.4. The summed E-state index contributed by atoms with van der Waals surface area (Å²) in [5, 5.41) is 0. The number of aromatic nitrogens is 1. The molecular weight excluding hydrogens is 288 g/mol. The van der Waals surface area contributed by atoms with Gasteiger partial charge < -0.3 is 15.0 Å². The highest BCUT2D eigenvalue weighted by atomic mass is 32.3. The van der Waals surface area contributed by atoms with Crippen molar-refractivity contribution in [3.8, 4) is 0 Å². The molecule has 0 saturated heterocycles. The third kappa shape index (κ3) is 7.12. The third-order valence-corrected chi connectivity index (χ3v) is 2.08. The molecule has 8 nitrogen and oxygen atoms in total. The monoisotopic (exact) mass is 308 g/mol. The van der Waals surface area contributed by atoms with Crippen LogP contribution in [0.25, 0.3) is 0 Å². The van der Waals surface area contributed by atoms with Crippen LogP contribution in [-0.4, -0.2) is 34.7 Å². The fourth-order valence-corrected chi connectivity index (χ4v) is 1.39. The number of rotatable bonds is 2. The summed E-state index contributed by atoms with van der Waals surface area (Å²) >= 11 is 0. The highest BCUT2D eigenvalue weighted by Gasteiger charge is 2.19. The van der Waals surface area contributed by atoms with E-state index in [4.69, 9.17) is 28.0 Å². The molecule has 4 N–H and O–H groups in total. The van der Waals surface area contributed by atoms with Crippen molar-refractivity contribution in [2.45, 2.75) is 33.2 Å². The minimum atomic E-state index is -4.67. The summed E-state index contributed by atoms with van der Waals surface area (Å²) in [6, 6.07) is 1.64. The molecule has 0 atom stereocenters. The Morgan fingerprint density at radius 2 is 1.85 bits per heavy atom. The van der Waals surface area contributed by atoms with E-state index in [0.29, 0.717) is 18.0 Å². The van der Waals surface area contributed by atoms with Gasteiger partial charge in [-0.15, -0.1) is 0 Å². The molecule has 0 fully saturated rings. The minimum absolute atomic E-state index is 0.130. The Morgan fingerprint density at radius 1 is 1.40 bits per heavy atom. The summed E-state index contributed by atoms with van der Waals surface area (Å²) in [6.07, 6.45) is 1.73. The van der Waals surface area contributed by atoms with Crippen LogP contribution in [0.5, 0.6) is 0 Å². The molecule has 0 aliphatic heterocycles. The van der Waals surface area contributed by atoms with Crippen molar-refractivity contribution in [1.29, 1.82) is 0 Å². The largest absolute Gasteiger partial charge is 0.462 e. The molecular formula is C11H20N2O6S. The van der Waals surface area contributed by atoms with E-state index in [1.54, 1.807) is 19.2 Å². The average molecular weight is 308 g/mol. The van der Waals surface area contributed by atoms with Crippen LogP contribution in [0, 0.1) is 0 Å². The zero-order valence-electron chi connectivity index (χ0n) is 11.8. The number of nitrogens with zero attached hydrogens (tertiary/aromatic N) is 1. The first-order valence-corrected chi connectivity index (χ1v) is 7.11. The second-order valence-corrected chi connectivity index (χ2v) is 5.76. The van der Waals surface area contributed by atoms with Gasteiger partial charge in [0.1, 0.15) is 5.82 Å². The Hall–Kier alpha value is -1.58. The quantitative estimate of drug-likeness (QED) is 0.555. The number of nitrogens with two attached hydrogens (primary N) is 1. The Morgan fingerprint density at radius 3 is 2.15 bits per heavy atom. The fourth-order valence-electron chi connectivity index (χ4n) is 1.39. The van der Waals surface area contributed by atoms with E-state index in [1.807, 2.05) is 25.3 Å². The van der Waals surface area contributed by atoms with E-state index < -0.39 is 10.4 Å². The highest BCUT2D eigenvalue weighted by molar-refractivity contribution is 7.79. The molecule has 1 aromatic heterocycles. The first-order chi connectivity index (χ1) is 8.86. The number of ether oxygens (including phenoxy) is 1. The van der Waals surface area contributed by atoms with Gasteiger partial charge in [0.05, 0.1) is 12.2 Å². The van der Waals surface area contributed by atoms with E-state index in [9.17, 15) is 4.79 Å². The fraction of sp³-hybridized carbons (Fsp3) is 0.545. The summed E-state index contributed by atoms with van der Waals surface area (Å²) in [5.41, 5.74) is 6.19. The second-order valence-electron chi connectivity index (χ2n) is 4.86. The van der Waals surface area contributed by atoms with Gasteiger partial charge in [0, 0.05) is 11.7 Å². The molecule has 1 rings (SSSR count). The number of anilines is 1. The maximum atomic E-state index is 11.4. The predicted molar refractivity (Wildman–Crippen MR) is 74.0 cm³/mol. The van der Waals surface area contributed by atoms with E-state index in [1.165, 1.54) is 0 Å². The molecule has 0 spiro atoms. The zero-order valence-corrected chi connectivity index (χ0v) is 12.6. The SMILES string of the molecule is CCOC(=O)c1cc(N)n(C(C)(C)C)c1.O=S(=O)(O)O. The first kappa shape index (κ1) is 18.4. The van der Waals surface area contributed by atoms with E-state index in [0.717, 1.165) is 0 Å². The summed E-state index contributed by atoms with van der Waals surface area (Å²) in [6.45, 7) is 8.23. The normalized spacial score (nSPS) is 11.5. The van der Waals surface area contributed by atoms with Crippen molar-refractivity contribution >= 4 is 22.2 Å². The lowest BCUT2D eigenvalue weighted by atomic mass is 10.1. The van der Waals surface area contributed by atoms with E-state index in [2.05, 4.69) is 0 Å². The molecule has 0 bridgehead atoms. The molecule has 1 aromatic rings. The molecule has 20 heavy (non-hydrogen) atoms. The van der Waals surface area contributed by atoms with Gasteiger partial charge >= 0.3 is 16.4 Å². The van der Waals surface area contributed by atoms with Gasteiger partial charge in [-0.2, -0.15) is 8.42 Å². The Bertz CT molecular complexity index is 548. The van der Waals surface area contributed by atoms with Crippen LogP contribution in [0.2, 0.25) is 0 Å². The highest BCUT2D eigenvalue weighted by Crippen LogP contribution is 2.22. The predicted octanol–water partition coefficient (Wildman–Crippen LogP) is 1.35. The van der Waals surface area contributed by atoms with Gasteiger partial charge in [-0.1, -0.05) is 0 Å². The van der Waals surface area contributed by atoms with Crippen LogP contribution >= 0.6 is 0 Å². The van der Waals surface area contributed by atoms with Crippen LogP contribution in [0.3, 0.4) is 0 Å². The van der Waals surface area contributed by atoms with Crippen molar-refractivity contribution in [1.82, 2.24) is 4.57 Å². The lowest BCUT2D eigenvalue weighted by Crippen LogP contribution is -2.22. The number of carbonyl (C=O) groups excluding carboxylic acids is 1. The minimum Gasteiger partial charge on any atom is -0.462 e. The number of esters is 1. The van der Waals surface area contributed by atoms with E-state index >= 15 is 0 Å². The molecule has 0 aliphatic carbocycles. The first-order valence-electron chi connectivity index (χ1n) is 5.71. The molecule has 1 heterocycles. The smallest absolute Gasteiger partial charge is 0.394 e. The van der Waals surface area contributed by atoms with Crippen molar-refractivity contribution in [2.24, 2.45) is 0 Å². The lowest BCUT2D eigenvalue weighted by molar-refractivity contribution is 0.0526. The van der Waals surface area contributed by atoms with Crippen LogP contribution in [0.15, 0.2) is 12.3 Å². The van der Waals surface area contributed by atoms with Crippen molar-refractivity contribution in [2.75, 3.05) is 12.3 Å². The number of carbonyl (C=O) groups is 1. The molecule has 116 valence electrons. The Balaban J connectivity index is 0.000000621. The summed E-state index contributed by atoms with van der Waals surface area (Å²) < 4.78 is 38.3. The molecule has 0 amide bonds. The third-order valence-electron chi connectivity index (χ3n) is 2.08. The molecule has 0 aliphatic rings. The van der Waals surface area contributed by atoms with Gasteiger partial charge in [0.2, 0.25) is 0 Å². The van der Waals surface area contributed by atoms with Gasteiger partial charge in [0.15, 0.2) is 0 Å². The van der Waals surface area contributed by atoms with E-state index in [-0.39, 0.29) is 11.5 Å². The molecule has 0 saturated carbocycles. The van der Waals surface area contributed by atoms with Crippen LogP contribution in [-0.2, 0) is 20.7 Å². The van der Waals surface area contributed by atoms with Crippen LogP contribution in [0.4, 0.5) is 5.82 Å². The maximum Gasteiger partial charge on any atom is 0.394 e. The molecule has 0 unspecified atom stereocenters. The van der Waals surface area contributed by atoms with Crippen molar-refractivity contribution < 1.29 is 27.1 Å². The molecule has 9 heteroatoms. The summed E-state index contributed by atoms with van der Waals surface area (Å²) in [4.78, 5) is 11.4. The zero-order chi connectivity index (χ0) is 16.1. The van der Waals surface area contributed by atoms with Gasteiger partial charge in [-0.3, -0.25) is 9.11 Å².